The molecule has 1 saturated carbocycles. The largest absolute Gasteiger partial charge is 0.494 e. The van der Waals surface area contributed by atoms with Gasteiger partial charge in [0.15, 0.2) is 5.56 Å². The Morgan fingerprint density at radius 1 is 1.03 bits per heavy atom. The van der Waals surface area contributed by atoms with Crippen LogP contribution in [0.1, 0.15) is 53.3 Å². The van der Waals surface area contributed by atoms with E-state index >= 15 is 0 Å². The molecule has 1 aliphatic heterocycles. The van der Waals surface area contributed by atoms with Gasteiger partial charge in [-0.25, -0.2) is 0 Å². The lowest BCUT2D eigenvalue weighted by Crippen LogP contribution is -2.37. The van der Waals surface area contributed by atoms with Crippen molar-refractivity contribution in [1.82, 2.24) is 14.5 Å². The van der Waals surface area contributed by atoms with E-state index < -0.39 is 17.3 Å². The molecule has 2 fully saturated rings. The monoisotopic (exact) mass is 505 g/mol. The number of carbonyl (C=O) groups excluding carboxylic acids is 1. The minimum Gasteiger partial charge on any atom is -0.494 e. The van der Waals surface area contributed by atoms with Gasteiger partial charge >= 0.3 is 0 Å². The minimum atomic E-state index is -0.698. The van der Waals surface area contributed by atoms with Gasteiger partial charge in [-0.1, -0.05) is 36.4 Å². The van der Waals surface area contributed by atoms with E-state index in [9.17, 15) is 14.7 Å². The van der Waals surface area contributed by atoms with E-state index in [1.807, 2.05) is 30.3 Å². The number of hydrogen-bond acceptors (Lipinski definition) is 7. The lowest BCUT2D eigenvalue weighted by Gasteiger charge is -2.26. The maximum absolute atomic E-state index is 14.0. The lowest BCUT2D eigenvalue weighted by molar-refractivity contribution is -0.0127. The molecule has 0 unspecified atom stereocenters. The Labute approximate surface area is 215 Å². The number of methoxy groups -OCH3 is 2. The summed E-state index contributed by atoms with van der Waals surface area (Å²) in [6.07, 6.45) is 3.80. The molecular weight excluding hydrogens is 474 g/mol. The Bertz CT molecular complexity index is 1310. The average molecular weight is 506 g/mol. The molecule has 0 spiro atoms. The van der Waals surface area contributed by atoms with Crippen molar-refractivity contribution in [3.05, 3.63) is 75.8 Å². The molecule has 194 valence electrons. The highest BCUT2D eigenvalue weighted by atomic mass is 16.5. The van der Waals surface area contributed by atoms with Crippen LogP contribution in [0.4, 0.5) is 0 Å². The van der Waals surface area contributed by atoms with Crippen molar-refractivity contribution in [2.75, 3.05) is 27.3 Å². The predicted octanol–water partition coefficient (Wildman–Crippen LogP) is 3.65. The molecular formula is C28H31N3O6. The Hall–Kier alpha value is -3.85. The number of para-hydroxylation sites is 1. The van der Waals surface area contributed by atoms with Crippen molar-refractivity contribution in [2.45, 2.75) is 44.3 Å². The first-order valence-corrected chi connectivity index (χ1v) is 12.5. The molecule has 2 aliphatic rings. The van der Waals surface area contributed by atoms with E-state index in [1.54, 1.807) is 23.1 Å². The van der Waals surface area contributed by atoms with Crippen molar-refractivity contribution >= 4 is 5.91 Å². The molecule has 1 N–H and O–H groups in total. The third-order valence-electron chi connectivity index (χ3n) is 7.22. The molecule has 37 heavy (non-hydrogen) atoms. The number of aromatic nitrogens is 2. The number of carbonyl (C=O) groups is 1. The molecule has 1 atom stereocenters. The zero-order valence-electron chi connectivity index (χ0n) is 21.1. The number of likely N-dealkylation sites (tertiary alicyclic amines) is 1. The molecule has 0 bridgehead atoms. The van der Waals surface area contributed by atoms with Gasteiger partial charge in [0.1, 0.15) is 29.6 Å². The third kappa shape index (κ3) is 4.79. The van der Waals surface area contributed by atoms with Gasteiger partial charge < -0.3 is 24.2 Å². The summed E-state index contributed by atoms with van der Waals surface area (Å²) in [4.78, 5) is 33.5. The van der Waals surface area contributed by atoms with Gasteiger partial charge in [0, 0.05) is 19.0 Å². The number of nitrogens with zero attached hydrogens (tertiary/aromatic N) is 3. The van der Waals surface area contributed by atoms with Crippen LogP contribution in [-0.4, -0.2) is 58.9 Å². The Balaban J connectivity index is 1.56. The van der Waals surface area contributed by atoms with Crippen LogP contribution in [0.5, 0.6) is 17.4 Å². The number of aromatic hydroxyl groups is 1. The Kier molecular flexibility index (Phi) is 7.14. The normalized spacial score (nSPS) is 17.5. The highest BCUT2D eigenvalue weighted by molar-refractivity contribution is 5.96. The highest BCUT2D eigenvalue weighted by Crippen LogP contribution is 2.34. The van der Waals surface area contributed by atoms with Crippen molar-refractivity contribution in [3.8, 4) is 23.1 Å². The molecule has 5 rings (SSSR count). The van der Waals surface area contributed by atoms with Crippen LogP contribution in [0.25, 0.3) is 5.69 Å². The van der Waals surface area contributed by atoms with Crippen LogP contribution in [0.15, 0.2) is 53.3 Å². The van der Waals surface area contributed by atoms with Gasteiger partial charge in [0.05, 0.1) is 20.3 Å². The van der Waals surface area contributed by atoms with Crippen LogP contribution >= 0.6 is 0 Å². The second-order valence-corrected chi connectivity index (χ2v) is 9.39. The van der Waals surface area contributed by atoms with Gasteiger partial charge in [-0.2, -0.15) is 4.98 Å². The fourth-order valence-electron chi connectivity index (χ4n) is 4.95. The maximum atomic E-state index is 14.0. The molecule has 1 amide bonds. The number of hydrogen-bond donors (Lipinski definition) is 1. The first-order chi connectivity index (χ1) is 18.0. The van der Waals surface area contributed by atoms with Gasteiger partial charge in [-0.3, -0.25) is 14.2 Å². The predicted molar refractivity (Wildman–Crippen MR) is 137 cm³/mol. The molecule has 0 radical (unpaired) electrons. The lowest BCUT2D eigenvalue weighted by atomic mass is 9.96. The summed E-state index contributed by atoms with van der Waals surface area (Å²) < 4.78 is 18.3. The summed E-state index contributed by atoms with van der Waals surface area (Å²) in [7, 11) is 2.98. The number of benzene rings is 2. The smallest absolute Gasteiger partial charge is 0.275 e. The second-order valence-electron chi connectivity index (χ2n) is 9.39. The molecule has 2 aromatic carbocycles. The summed E-state index contributed by atoms with van der Waals surface area (Å²) in [6.45, 7) is 0.914. The zero-order chi connectivity index (χ0) is 25.9. The number of amides is 1. The molecule has 9 heteroatoms. The van der Waals surface area contributed by atoms with E-state index in [0.29, 0.717) is 30.3 Å². The van der Waals surface area contributed by atoms with Crippen LogP contribution in [-0.2, 0) is 11.3 Å². The van der Waals surface area contributed by atoms with Crippen LogP contribution in [0.3, 0.4) is 0 Å². The summed E-state index contributed by atoms with van der Waals surface area (Å²) >= 11 is 0. The summed E-state index contributed by atoms with van der Waals surface area (Å²) in [6, 6.07) is 15.1. The van der Waals surface area contributed by atoms with E-state index in [2.05, 4.69) is 4.98 Å². The molecule has 9 nitrogen and oxygen atoms in total. The fourth-order valence-corrected chi connectivity index (χ4v) is 4.95. The Morgan fingerprint density at radius 3 is 2.35 bits per heavy atom. The van der Waals surface area contributed by atoms with Crippen molar-refractivity contribution in [2.24, 2.45) is 0 Å². The van der Waals surface area contributed by atoms with Gasteiger partial charge in [-0.05, 0) is 43.4 Å². The molecule has 1 aromatic heterocycles. The summed E-state index contributed by atoms with van der Waals surface area (Å²) in [5.74, 6) is -0.104. The van der Waals surface area contributed by atoms with E-state index in [4.69, 9.17) is 14.2 Å². The molecule has 3 aromatic rings. The molecule has 1 aliphatic carbocycles. The van der Waals surface area contributed by atoms with Crippen LogP contribution < -0.4 is 15.0 Å². The molecule has 1 saturated heterocycles. The van der Waals surface area contributed by atoms with Gasteiger partial charge in [0.2, 0.25) is 5.88 Å². The quantitative estimate of drug-likeness (QED) is 0.498. The summed E-state index contributed by atoms with van der Waals surface area (Å²) in [5, 5.41) is 10.9. The van der Waals surface area contributed by atoms with E-state index in [-0.39, 0.29) is 30.0 Å². The van der Waals surface area contributed by atoms with Gasteiger partial charge in [-0.15, -0.1) is 0 Å². The number of rotatable bonds is 8. The SMILES string of the molecule is COc1cccc(OC)c1-n1c(COC2CCC2)nc(O)c(C(=O)N2CC[C@H](c3ccccc3)C2)c1=O. The van der Waals surface area contributed by atoms with Gasteiger partial charge in [0.25, 0.3) is 11.5 Å². The zero-order valence-corrected chi connectivity index (χ0v) is 21.1. The highest BCUT2D eigenvalue weighted by Gasteiger charge is 2.33. The Morgan fingerprint density at radius 2 is 1.73 bits per heavy atom. The van der Waals surface area contributed by atoms with E-state index in [1.165, 1.54) is 18.8 Å². The van der Waals surface area contributed by atoms with Crippen molar-refractivity contribution < 1.29 is 24.1 Å². The number of ether oxygens (including phenoxy) is 3. The van der Waals surface area contributed by atoms with Crippen molar-refractivity contribution in [3.63, 3.8) is 0 Å². The average Bonchev–Trinajstić information content (AvgIpc) is 3.38. The minimum absolute atomic E-state index is 0.0110. The molecule has 2 heterocycles. The second kappa shape index (κ2) is 10.6. The topological polar surface area (TPSA) is 103 Å². The first-order valence-electron chi connectivity index (χ1n) is 12.5. The van der Waals surface area contributed by atoms with Crippen molar-refractivity contribution in [1.29, 1.82) is 0 Å². The van der Waals surface area contributed by atoms with Crippen LogP contribution in [0, 0.1) is 0 Å². The van der Waals surface area contributed by atoms with E-state index in [0.717, 1.165) is 31.2 Å². The first kappa shape index (κ1) is 24.8. The fraction of sp³-hybridized carbons (Fsp3) is 0.393. The standard InChI is InChI=1S/C28H31N3O6/c1-35-21-12-7-13-22(36-2)25(21)31-23(17-37-20-10-6-11-20)29-26(32)24(28(31)34)27(33)30-15-14-19(16-30)18-8-4-3-5-9-18/h3-5,7-9,12-13,19-20,32H,6,10-11,14-17H2,1-2H3/t19-/m0/s1. The van der Waals surface area contributed by atoms with Crippen LogP contribution in [0.2, 0.25) is 0 Å². The maximum Gasteiger partial charge on any atom is 0.275 e. The third-order valence-corrected chi connectivity index (χ3v) is 7.22. The summed E-state index contributed by atoms with van der Waals surface area (Å²) in [5.41, 5.74) is 0.361.